The van der Waals surface area contributed by atoms with Gasteiger partial charge in [0.2, 0.25) is 0 Å². The van der Waals surface area contributed by atoms with Crippen molar-refractivity contribution in [1.82, 2.24) is 0 Å². The van der Waals surface area contributed by atoms with Gasteiger partial charge in [-0.15, -0.1) is 0 Å². The van der Waals surface area contributed by atoms with Crippen molar-refractivity contribution < 1.29 is 9.47 Å². The molecule has 2 heterocycles. The van der Waals surface area contributed by atoms with Gasteiger partial charge in [0.1, 0.15) is 0 Å². The summed E-state index contributed by atoms with van der Waals surface area (Å²) >= 11 is 0. The molecule has 1 aromatic rings. The van der Waals surface area contributed by atoms with Gasteiger partial charge in [-0.3, -0.25) is 0 Å². The molecule has 2 nitrogen and oxygen atoms in total. The molecule has 0 atom stereocenters. The first kappa shape index (κ1) is 9.37. The topological polar surface area (TPSA) is 18.5 Å². The number of hydrogen-bond acceptors (Lipinski definition) is 2. The molecule has 2 aliphatic heterocycles. The lowest BCUT2D eigenvalue weighted by Gasteiger charge is -2.33. The van der Waals surface area contributed by atoms with Crippen molar-refractivity contribution in [3.05, 3.63) is 34.9 Å². The second-order valence-electron chi connectivity index (χ2n) is 4.56. The summed E-state index contributed by atoms with van der Waals surface area (Å²) in [6, 6.07) is 6.67. The predicted molar refractivity (Wildman–Crippen MR) is 57.7 cm³/mol. The molecular formula is C13H16O2. The minimum atomic E-state index is -0.0265. The zero-order valence-corrected chi connectivity index (χ0v) is 9.08. The van der Waals surface area contributed by atoms with E-state index in [4.69, 9.17) is 9.47 Å². The fourth-order valence-electron chi connectivity index (χ4n) is 2.69. The van der Waals surface area contributed by atoms with Gasteiger partial charge in [-0.05, 0) is 18.1 Å². The van der Waals surface area contributed by atoms with Gasteiger partial charge in [-0.1, -0.05) is 23.8 Å². The summed E-state index contributed by atoms with van der Waals surface area (Å²) in [7, 11) is 0. The fraction of sp³-hybridized carbons (Fsp3) is 0.538. The summed E-state index contributed by atoms with van der Waals surface area (Å²) in [4.78, 5) is 0. The zero-order valence-electron chi connectivity index (χ0n) is 9.08. The highest BCUT2D eigenvalue weighted by Gasteiger charge is 2.41. The first-order valence-electron chi connectivity index (χ1n) is 5.62. The third kappa shape index (κ3) is 1.40. The van der Waals surface area contributed by atoms with E-state index >= 15 is 0 Å². The molecule has 0 unspecified atom stereocenters. The van der Waals surface area contributed by atoms with Crippen molar-refractivity contribution in [3.8, 4) is 0 Å². The van der Waals surface area contributed by atoms with E-state index in [-0.39, 0.29) is 5.60 Å². The normalized spacial score (nSPS) is 23.0. The summed E-state index contributed by atoms with van der Waals surface area (Å²) in [5.41, 5.74) is 4.07. The predicted octanol–water partition coefficient (Wildman–Crippen LogP) is 2.53. The highest BCUT2D eigenvalue weighted by molar-refractivity contribution is 5.38. The van der Waals surface area contributed by atoms with Crippen molar-refractivity contribution >= 4 is 0 Å². The van der Waals surface area contributed by atoms with Gasteiger partial charge in [0.25, 0.3) is 0 Å². The average Bonchev–Trinajstić information content (AvgIpc) is 2.58. The maximum Gasteiger partial charge on any atom is 0.0983 e. The zero-order chi connectivity index (χ0) is 10.3. The third-order valence-corrected chi connectivity index (χ3v) is 3.56. The Balaban J connectivity index is 2.03. The lowest BCUT2D eigenvalue weighted by Crippen LogP contribution is -2.33. The van der Waals surface area contributed by atoms with Crippen LogP contribution in [0.5, 0.6) is 0 Å². The largest absolute Gasteiger partial charge is 0.381 e. The van der Waals surface area contributed by atoms with E-state index in [1.165, 1.54) is 16.7 Å². The highest BCUT2D eigenvalue weighted by Crippen LogP contribution is 2.43. The van der Waals surface area contributed by atoms with Crippen LogP contribution < -0.4 is 0 Å². The molecular weight excluding hydrogens is 188 g/mol. The Kier molecular flexibility index (Phi) is 2.08. The van der Waals surface area contributed by atoms with Crippen LogP contribution in [-0.2, 0) is 21.7 Å². The van der Waals surface area contributed by atoms with Gasteiger partial charge in [-0.2, -0.15) is 0 Å². The number of hydrogen-bond donors (Lipinski definition) is 0. The molecule has 15 heavy (non-hydrogen) atoms. The molecule has 1 aromatic carbocycles. The van der Waals surface area contributed by atoms with E-state index in [1.54, 1.807) is 0 Å². The lowest BCUT2D eigenvalue weighted by molar-refractivity contribution is -0.107. The Bertz CT molecular complexity index is 378. The number of fused-ring (bicyclic) bond motifs is 2. The monoisotopic (exact) mass is 204 g/mol. The minimum Gasteiger partial charge on any atom is -0.381 e. The fourth-order valence-corrected chi connectivity index (χ4v) is 2.69. The summed E-state index contributed by atoms with van der Waals surface area (Å²) in [5, 5.41) is 0. The number of aryl methyl sites for hydroxylation is 1. The van der Waals surface area contributed by atoms with Crippen LogP contribution in [0.15, 0.2) is 18.2 Å². The molecule has 2 heteroatoms. The quantitative estimate of drug-likeness (QED) is 0.646. The second-order valence-corrected chi connectivity index (χ2v) is 4.56. The van der Waals surface area contributed by atoms with Crippen LogP contribution in [-0.4, -0.2) is 13.2 Å². The van der Waals surface area contributed by atoms with Gasteiger partial charge in [0.15, 0.2) is 0 Å². The molecule has 0 saturated carbocycles. The smallest absolute Gasteiger partial charge is 0.0983 e. The Labute approximate surface area is 90.2 Å². The van der Waals surface area contributed by atoms with Crippen molar-refractivity contribution in [1.29, 1.82) is 0 Å². The van der Waals surface area contributed by atoms with Gasteiger partial charge >= 0.3 is 0 Å². The molecule has 2 aliphatic rings. The van der Waals surface area contributed by atoms with E-state index in [0.29, 0.717) is 0 Å². The Morgan fingerprint density at radius 3 is 2.80 bits per heavy atom. The molecule has 0 radical (unpaired) electrons. The third-order valence-electron chi connectivity index (χ3n) is 3.56. The number of benzene rings is 1. The Hall–Kier alpha value is -0.860. The van der Waals surface area contributed by atoms with Crippen molar-refractivity contribution in [2.75, 3.05) is 13.2 Å². The number of rotatable bonds is 0. The van der Waals surface area contributed by atoms with Crippen LogP contribution in [0.3, 0.4) is 0 Å². The van der Waals surface area contributed by atoms with Crippen LogP contribution in [0.25, 0.3) is 0 Å². The van der Waals surface area contributed by atoms with Crippen LogP contribution in [0.2, 0.25) is 0 Å². The standard InChI is InChI=1S/C13H16O2/c1-10-2-3-12-11(8-10)9-15-13(12)4-6-14-7-5-13/h2-3,8H,4-7,9H2,1H3. The van der Waals surface area contributed by atoms with Gasteiger partial charge in [0.05, 0.1) is 12.2 Å². The second kappa shape index (κ2) is 3.32. The van der Waals surface area contributed by atoms with E-state index in [9.17, 15) is 0 Å². The van der Waals surface area contributed by atoms with E-state index in [1.807, 2.05) is 0 Å². The summed E-state index contributed by atoms with van der Waals surface area (Å²) in [6.07, 6.45) is 2.01. The van der Waals surface area contributed by atoms with Crippen molar-refractivity contribution in [2.45, 2.75) is 32.0 Å². The molecule has 1 spiro atoms. The molecule has 1 fully saturated rings. The maximum atomic E-state index is 6.03. The van der Waals surface area contributed by atoms with Crippen LogP contribution >= 0.6 is 0 Å². The molecule has 0 N–H and O–H groups in total. The molecule has 1 saturated heterocycles. The minimum absolute atomic E-state index is 0.0265. The van der Waals surface area contributed by atoms with E-state index in [2.05, 4.69) is 25.1 Å². The van der Waals surface area contributed by atoms with Gasteiger partial charge in [-0.25, -0.2) is 0 Å². The van der Waals surface area contributed by atoms with Gasteiger partial charge in [0, 0.05) is 26.1 Å². The SMILES string of the molecule is Cc1ccc2c(c1)COC21CCOCC1. The van der Waals surface area contributed by atoms with Crippen molar-refractivity contribution in [2.24, 2.45) is 0 Å². The molecule has 0 amide bonds. The van der Waals surface area contributed by atoms with Crippen LogP contribution in [0.1, 0.15) is 29.5 Å². The summed E-state index contributed by atoms with van der Waals surface area (Å²) in [5.74, 6) is 0. The highest BCUT2D eigenvalue weighted by atomic mass is 16.5. The molecule has 80 valence electrons. The summed E-state index contributed by atoms with van der Waals surface area (Å²) in [6.45, 7) is 4.56. The average molecular weight is 204 g/mol. The van der Waals surface area contributed by atoms with E-state index < -0.39 is 0 Å². The molecule has 0 aliphatic carbocycles. The van der Waals surface area contributed by atoms with Crippen LogP contribution in [0.4, 0.5) is 0 Å². The first-order valence-corrected chi connectivity index (χ1v) is 5.62. The maximum absolute atomic E-state index is 6.03. The molecule has 0 bridgehead atoms. The van der Waals surface area contributed by atoms with Crippen LogP contribution in [0, 0.1) is 6.92 Å². The molecule has 3 rings (SSSR count). The molecule has 0 aromatic heterocycles. The lowest BCUT2D eigenvalue weighted by atomic mass is 9.85. The Morgan fingerprint density at radius 1 is 1.20 bits per heavy atom. The number of ether oxygens (including phenoxy) is 2. The van der Waals surface area contributed by atoms with Crippen molar-refractivity contribution in [3.63, 3.8) is 0 Å². The summed E-state index contributed by atoms with van der Waals surface area (Å²) < 4.78 is 11.4. The first-order chi connectivity index (χ1) is 7.30. The van der Waals surface area contributed by atoms with E-state index in [0.717, 1.165) is 32.7 Å². The van der Waals surface area contributed by atoms with Gasteiger partial charge < -0.3 is 9.47 Å². The Morgan fingerprint density at radius 2 is 2.00 bits per heavy atom.